The standard InChI is InChI=1S/C41H44N2O19/c1-15-31(46)21(42-40(54)59-14-17-7-8-18(22(9-17)43(56)57)39-38(53)37(52)34(49)25(13-44)62-39)10-26(60-15)61-24-12-41(55,16(2)45)11-20-28(24)36(51)30-29(33(20)48)32(47)19-5-4-6-23(58-3)27(19)35(30)50/h4-9,15,21,24-26,31,34,37-39,44,46,48-49,51-53,55H,10-14H2,1-3H3,(H,42,54)/t15?,21?,24-,25+,26?,31?,34-,37-,38+,39-,41-/m0/s1. The zero-order valence-corrected chi connectivity index (χ0v) is 33.3. The number of aliphatic hydroxyl groups excluding tert-OH is 5. The van der Waals surface area contributed by atoms with Gasteiger partial charge in [-0.2, -0.15) is 0 Å². The Bertz CT molecular complexity index is 2330. The fourth-order valence-corrected chi connectivity index (χ4v) is 8.55. The third kappa shape index (κ3) is 7.64. The van der Waals surface area contributed by atoms with Gasteiger partial charge in [-0.05, 0) is 31.5 Å². The van der Waals surface area contributed by atoms with Gasteiger partial charge in [0.25, 0.3) is 5.69 Å². The van der Waals surface area contributed by atoms with Crippen LogP contribution in [-0.2, 0) is 36.8 Å². The molecule has 0 saturated carbocycles. The molecule has 332 valence electrons. The Labute approximate surface area is 351 Å². The molecule has 2 aliphatic carbocycles. The van der Waals surface area contributed by atoms with E-state index in [1.807, 2.05) is 0 Å². The van der Waals surface area contributed by atoms with E-state index in [9.17, 15) is 70.1 Å². The van der Waals surface area contributed by atoms with Crippen LogP contribution < -0.4 is 10.1 Å². The number of carbonyl (C=O) groups is 4. The summed E-state index contributed by atoms with van der Waals surface area (Å²) in [6, 6.07) is 6.66. The molecule has 4 unspecified atom stereocenters. The summed E-state index contributed by atoms with van der Waals surface area (Å²) in [5.41, 5.74) is -4.65. The number of phenols is 2. The molecule has 3 aromatic rings. The van der Waals surface area contributed by atoms with Crippen LogP contribution in [0.5, 0.6) is 17.2 Å². The van der Waals surface area contributed by atoms with Crippen molar-refractivity contribution in [3.63, 3.8) is 0 Å². The number of hydrogen-bond acceptors (Lipinski definition) is 19. The number of hydrogen-bond donors (Lipinski definition) is 9. The van der Waals surface area contributed by atoms with Crippen molar-refractivity contribution in [1.29, 1.82) is 0 Å². The highest BCUT2D eigenvalue weighted by atomic mass is 16.7. The first kappa shape index (κ1) is 44.4. The fourth-order valence-electron chi connectivity index (χ4n) is 8.55. The lowest BCUT2D eigenvalue weighted by atomic mass is 9.72. The van der Waals surface area contributed by atoms with Crippen LogP contribution in [0.4, 0.5) is 10.5 Å². The number of Topliss-reactive ketones (excluding diaryl/α,β-unsaturated/α-hetero) is 1. The molecule has 21 heteroatoms. The minimum absolute atomic E-state index is 0.0353. The smallest absolute Gasteiger partial charge is 0.407 e. The van der Waals surface area contributed by atoms with Crippen LogP contribution in [-0.4, -0.2) is 137 Å². The van der Waals surface area contributed by atoms with Crippen LogP contribution in [0, 0.1) is 10.1 Å². The maximum Gasteiger partial charge on any atom is 0.407 e. The normalized spacial score (nSPS) is 30.4. The second kappa shape index (κ2) is 16.9. The highest BCUT2D eigenvalue weighted by Crippen LogP contribution is 2.52. The lowest BCUT2D eigenvalue weighted by Gasteiger charge is -2.42. The summed E-state index contributed by atoms with van der Waals surface area (Å²) in [4.78, 5) is 64.9. The van der Waals surface area contributed by atoms with Gasteiger partial charge in [0, 0.05) is 42.0 Å². The molecule has 1 amide bonds. The van der Waals surface area contributed by atoms with E-state index in [1.165, 1.54) is 44.4 Å². The van der Waals surface area contributed by atoms with Gasteiger partial charge in [-0.3, -0.25) is 24.5 Å². The molecule has 0 aromatic heterocycles. The largest absolute Gasteiger partial charge is 0.507 e. The molecular weight excluding hydrogens is 824 g/mol. The number of fused-ring (bicyclic) bond motifs is 3. The molecule has 62 heavy (non-hydrogen) atoms. The van der Waals surface area contributed by atoms with E-state index >= 15 is 0 Å². The maximum atomic E-state index is 14.0. The van der Waals surface area contributed by atoms with E-state index in [4.69, 9.17) is 23.7 Å². The average Bonchev–Trinajstić information content (AvgIpc) is 3.23. The van der Waals surface area contributed by atoms with Gasteiger partial charge in [-0.25, -0.2) is 4.79 Å². The van der Waals surface area contributed by atoms with Crippen LogP contribution in [0.2, 0.25) is 0 Å². The minimum atomic E-state index is -2.19. The summed E-state index contributed by atoms with van der Waals surface area (Å²) in [6.07, 6.45) is -15.8. The number of aromatic hydroxyl groups is 2. The highest BCUT2D eigenvalue weighted by Gasteiger charge is 2.50. The van der Waals surface area contributed by atoms with Gasteiger partial charge in [0.1, 0.15) is 66.1 Å². The predicted octanol–water partition coefficient (Wildman–Crippen LogP) is 0.420. The first-order valence-electron chi connectivity index (χ1n) is 19.4. The summed E-state index contributed by atoms with van der Waals surface area (Å²) in [5.74, 6) is -3.87. The lowest BCUT2D eigenvalue weighted by molar-refractivity contribution is -0.387. The van der Waals surface area contributed by atoms with Crippen molar-refractivity contribution in [2.45, 2.75) is 106 Å². The summed E-state index contributed by atoms with van der Waals surface area (Å²) in [6.45, 7) is 1.26. The zero-order chi connectivity index (χ0) is 45.1. The Balaban J connectivity index is 1.10. The molecule has 2 heterocycles. The Kier molecular flexibility index (Phi) is 12.1. The van der Waals surface area contributed by atoms with Gasteiger partial charge in [-0.15, -0.1) is 0 Å². The molecule has 3 aromatic carbocycles. The topological polar surface area (TPSA) is 331 Å². The summed E-state index contributed by atoms with van der Waals surface area (Å²) < 4.78 is 28.2. The summed E-state index contributed by atoms with van der Waals surface area (Å²) in [7, 11) is 1.29. The number of ketones is 3. The minimum Gasteiger partial charge on any atom is -0.507 e. The first-order valence-corrected chi connectivity index (χ1v) is 19.4. The Morgan fingerprint density at radius 3 is 2.34 bits per heavy atom. The van der Waals surface area contributed by atoms with Crippen molar-refractivity contribution in [3.05, 3.63) is 91.0 Å². The van der Waals surface area contributed by atoms with Gasteiger partial charge < -0.3 is 69.9 Å². The summed E-state index contributed by atoms with van der Waals surface area (Å²) >= 11 is 0. The van der Waals surface area contributed by atoms with Crippen molar-refractivity contribution < 1.29 is 88.6 Å². The third-order valence-corrected chi connectivity index (χ3v) is 11.9. The van der Waals surface area contributed by atoms with Crippen molar-refractivity contribution in [3.8, 4) is 17.2 Å². The molecule has 2 aliphatic heterocycles. The number of phenolic OH excluding ortho intramolecular Hbond substituents is 2. The monoisotopic (exact) mass is 868 g/mol. The molecule has 4 aliphatic rings. The molecule has 2 fully saturated rings. The van der Waals surface area contributed by atoms with E-state index in [1.54, 1.807) is 0 Å². The SMILES string of the molecule is COc1cccc2c1C(=O)c1c(O)c3c(c(O)c1C2=O)C[C@@](O)(C(C)=O)C[C@@H]3OC1CC(NC(=O)OCc2ccc([C@@H]3O[C@H](CO)[C@H](O)[C@H](O)[C@H]3O)c([N+](=O)[O-])c2)C(O)C(C)O1. The average molecular weight is 869 g/mol. The van der Waals surface area contributed by atoms with Gasteiger partial charge in [0.05, 0.1) is 59.1 Å². The summed E-state index contributed by atoms with van der Waals surface area (Å²) in [5, 5.41) is 101. The van der Waals surface area contributed by atoms with Crippen LogP contribution in [0.1, 0.15) is 93.0 Å². The van der Waals surface area contributed by atoms with Crippen molar-refractivity contribution in [2.24, 2.45) is 0 Å². The Morgan fingerprint density at radius 2 is 1.68 bits per heavy atom. The van der Waals surface area contributed by atoms with Gasteiger partial charge >= 0.3 is 6.09 Å². The number of ether oxygens (including phenoxy) is 5. The predicted molar refractivity (Wildman–Crippen MR) is 205 cm³/mol. The number of nitrogens with one attached hydrogen (secondary N) is 1. The van der Waals surface area contributed by atoms with Crippen LogP contribution in [0.3, 0.4) is 0 Å². The Hall–Kier alpha value is -5.62. The highest BCUT2D eigenvalue weighted by molar-refractivity contribution is 6.31. The van der Waals surface area contributed by atoms with Crippen molar-refractivity contribution in [2.75, 3.05) is 13.7 Å². The van der Waals surface area contributed by atoms with Gasteiger partial charge in [0.15, 0.2) is 17.9 Å². The number of amides is 1. The number of nitro groups is 1. The fraction of sp³-hybridized carbons (Fsp3) is 0.463. The first-order chi connectivity index (χ1) is 29.3. The van der Waals surface area contributed by atoms with Gasteiger partial charge in [0.2, 0.25) is 5.78 Å². The second-order valence-corrected chi connectivity index (χ2v) is 15.7. The number of carbonyl (C=O) groups excluding carboxylic acids is 4. The van der Waals surface area contributed by atoms with Crippen LogP contribution in [0.25, 0.3) is 0 Å². The molecule has 9 N–H and O–H groups in total. The van der Waals surface area contributed by atoms with E-state index in [-0.39, 0.29) is 45.6 Å². The molecule has 21 nitrogen and oxygen atoms in total. The molecule has 0 bridgehead atoms. The lowest BCUT2D eigenvalue weighted by Crippen LogP contribution is -2.55. The molecule has 0 radical (unpaired) electrons. The molecule has 2 saturated heterocycles. The van der Waals surface area contributed by atoms with Crippen molar-refractivity contribution >= 4 is 29.1 Å². The zero-order valence-electron chi connectivity index (χ0n) is 33.3. The number of methoxy groups -OCH3 is 1. The molecule has 11 atom stereocenters. The number of nitro benzene ring substituents is 1. The van der Waals surface area contributed by atoms with Gasteiger partial charge in [-0.1, -0.05) is 18.2 Å². The van der Waals surface area contributed by atoms with E-state index < -0.39 is 149 Å². The maximum absolute atomic E-state index is 14.0. The van der Waals surface area contributed by atoms with Crippen LogP contribution in [0.15, 0.2) is 36.4 Å². The molecular formula is C41H44N2O19. The number of rotatable bonds is 10. The number of aliphatic hydroxyl groups is 6. The van der Waals surface area contributed by atoms with E-state index in [0.717, 1.165) is 13.0 Å². The molecule has 0 spiro atoms. The van der Waals surface area contributed by atoms with E-state index in [0.29, 0.717) is 0 Å². The molecule has 7 rings (SSSR count). The van der Waals surface area contributed by atoms with Crippen molar-refractivity contribution in [1.82, 2.24) is 5.32 Å². The third-order valence-electron chi connectivity index (χ3n) is 11.9. The quantitative estimate of drug-likeness (QED) is 0.0592. The van der Waals surface area contributed by atoms with Crippen LogP contribution >= 0.6 is 0 Å². The Morgan fingerprint density at radius 1 is 0.968 bits per heavy atom. The number of alkyl carbamates (subject to hydrolysis) is 1. The number of nitrogens with zero attached hydrogens (tertiary/aromatic N) is 1. The number of benzene rings is 3. The second-order valence-electron chi connectivity index (χ2n) is 15.7. The van der Waals surface area contributed by atoms with E-state index in [2.05, 4.69) is 5.32 Å².